The molecule has 0 aromatic heterocycles. The highest BCUT2D eigenvalue weighted by Gasteiger charge is 2.26. The average Bonchev–Trinajstić information content (AvgIpc) is 2.82. The fourth-order valence-electron chi connectivity index (χ4n) is 3.42. The lowest BCUT2D eigenvalue weighted by atomic mass is 9.92. The molecule has 0 aliphatic rings. The van der Waals surface area contributed by atoms with Gasteiger partial charge in [0.2, 0.25) is 12.3 Å². The first-order valence-corrected chi connectivity index (χ1v) is 11.2. The molecule has 2 rings (SSSR count). The van der Waals surface area contributed by atoms with Crippen molar-refractivity contribution in [1.29, 1.82) is 5.26 Å². The summed E-state index contributed by atoms with van der Waals surface area (Å²) in [6, 6.07) is 11.5. The van der Waals surface area contributed by atoms with Gasteiger partial charge in [0.1, 0.15) is 12.2 Å². The van der Waals surface area contributed by atoms with Gasteiger partial charge in [-0.1, -0.05) is 35.9 Å². The lowest BCUT2D eigenvalue weighted by Gasteiger charge is -2.22. The van der Waals surface area contributed by atoms with Gasteiger partial charge in [-0.15, -0.1) is 12.8 Å². The van der Waals surface area contributed by atoms with Crippen molar-refractivity contribution in [2.45, 2.75) is 57.7 Å². The van der Waals surface area contributed by atoms with Crippen LogP contribution in [0.15, 0.2) is 42.5 Å². The number of ether oxygens (including phenoxy) is 1. The molecule has 0 radical (unpaired) electrons. The number of rotatable bonds is 12. The van der Waals surface area contributed by atoms with Gasteiger partial charge < -0.3 is 10.1 Å². The van der Waals surface area contributed by atoms with Gasteiger partial charge in [0.05, 0.1) is 18.7 Å². The van der Waals surface area contributed by atoms with Crippen LogP contribution in [0.1, 0.15) is 58.8 Å². The summed E-state index contributed by atoms with van der Waals surface area (Å²) >= 11 is 0. The molecular weight excluding hydrogens is 495 g/mol. The Balaban J connectivity index is 0.00000334. The number of aryl methyl sites for hydroxylation is 1. The molecule has 0 spiro atoms. The minimum absolute atomic E-state index is 0.0762. The van der Waals surface area contributed by atoms with E-state index in [0.717, 1.165) is 5.56 Å². The summed E-state index contributed by atoms with van der Waals surface area (Å²) in [6.45, 7) is 1.59. The molecule has 0 heterocycles. The van der Waals surface area contributed by atoms with Crippen LogP contribution in [0, 0.1) is 31.1 Å². The monoisotopic (exact) mass is 522 g/mol. The number of halogens is 5. The summed E-state index contributed by atoms with van der Waals surface area (Å²) in [5.74, 6) is -0.925. The van der Waals surface area contributed by atoms with Gasteiger partial charge in [-0.05, 0) is 36.6 Å². The fourth-order valence-corrected chi connectivity index (χ4v) is 3.42. The van der Waals surface area contributed by atoms with E-state index in [0.29, 0.717) is 5.56 Å². The third-order valence-electron chi connectivity index (χ3n) is 5.08. The van der Waals surface area contributed by atoms with E-state index in [-0.39, 0.29) is 42.1 Å². The third kappa shape index (κ3) is 11.6. The Bertz CT molecular complexity index is 1090. The molecule has 1 N–H and O–H groups in total. The minimum Gasteiger partial charge on any atom is -0.494 e. The Labute approximate surface area is 212 Å². The lowest BCUT2D eigenvalue weighted by Crippen LogP contribution is -2.30. The molecule has 0 fully saturated rings. The molecule has 37 heavy (non-hydrogen) atoms. The first kappa shape index (κ1) is 31.1. The summed E-state index contributed by atoms with van der Waals surface area (Å²) in [6.07, 6.45) is -1.89. The van der Waals surface area contributed by atoms with Crippen LogP contribution in [-0.2, 0) is 11.2 Å². The largest absolute Gasteiger partial charge is 0.494 e. The molecule has 0 saturated carbocycles. The summed E-state index contributed by atoms with van der Waals surface area (Å²) in [7, 11) is 0. The lowest BCUT2D eigenvalue weighted by molar-refractivity contribution is -0.136. The van der Waals surface area contributed by atoms with Crippen molar-refractivity contribution in [3.8, 4) is 24.7 Å². The Morgan fingerprint density at radius 2 is 1.76 bits per heavy atom. The summed E-state index contributed by atoms with van der Waals surface area (Å²) in [5, 5.41) is 11.4. The summed E-state index contributed by atoms with van der Waals surface area (Å²) in [4.78, 5) is 25.0. The van der Waals surface area contributed by atoms with Gasteiger partial charge in [-0.25, -0.2) is 8.78 Å². The van der Waals surface area contributed by atoms with Crippen molar-refractivity contribution in [2.24, 2.45) is 0 Å². The topological polar surface area (TPSA) is 79.2 Å². The maximum atomic E-state index is 13.3. The molecule has 5 nitrogen and oxygen atoms in total. The number of benzene rings is 2. The maximum Gasteiger partial charge on any atom is 0.389 e. The smallest absolute Gasteiger partial charge is 0.389 e. The summed E-state index contributed by atoms with van der Waals surface area (Å²) in [5.41, 5.74) is 1.62. The highest BCUT2D eigenvalue weighted by Crippen LogP contribution is 2.29. The van der Waals surface area contributed by atoms with Crippen molar-refractivity contribution in [3.05, 3.63) is 64.7 Å². The predicted octanol–water partition coefficient (Wildman–Crippen LogP) is 6.12. The molecule has 10 heteroatoms. The van der Waals surface area contributed by atoms with Crippen molar-refractivity contribution in [2.75, 3.05) is 6.61 Å². The van der Waals surface area contributed by atoms with E-state index >= 15 is 0 Å². The third-order valence-corrected chi connectivity index (χ3v) is 5.08. The van der Waals surface area contributed by atoms with Crippen LogP contribution >= 0.6 is 0 Å². The molecule has 0 unspecified atom stereocenters. The molecule has 2 aromatic rings. The van der Waals surface area contributed by atoms with Crippen LogP contribution in [0.2, 0.25) is 0 Å². The number of ketones is 1. The predicted molar refractivity (Wildman–Crippen MR) is 128 cm³/mol. The summed E-state index contributed by atoms with van der Waals surface area (Å²) < 4.78 is 68.9. The first-order chi connectivity index (χ1) is 17.5. The van der Waals surface area contributed by atoms with E-state index < -0.39 is 43.8 Å². The second-order valence-electron chi connectivity index (χ2n) is 7.97. The van der Waals surface area contributed by atoms with Gasteiger partial charge in [0, 0.05) is 24.8 Å². The zero-order valence-corrected chi connectivity index (χ0v) is 20.2. The number of nitriles is 1. The van der Waals surface area contributed by atoms with Crippen LogP contribution in [0.25, 0.3) is 0 Å². The average molecular weight is 523 g/mol. The van der Waals surface area contributed by atoms with E-state index in [1.165, 1.54) is 18.2 Å². The number of hydrogen-bond donors (Lipinski definition) is 1. The molecule has 0 aliphatic carbocycles. The zero-order chi connectivity index (χ0) is 28.0. The van der Waals surface area contributed by atoms with Crippen molar-refractivity contribution >= 4 is 11.7 Å². The van der Waals surface area contributed by atoms with E-state index in [9.17, 15) is 31.5 Å². The van der Waals surface area contributed by atoms with Gasteiger partial charge in [0.25, 0.3) is 0 Å². The maximum absolute atomic E-state index is 13.3. The molecule has 2 aromatic carbocycles. The highest BCUT2D eigenvalue weighted by atomic mass is 19.4. The number of carbonyl (C=O) groups excluding carboxylic acids is 2. The number of nitrogens with one attached hydrogen (secondary N) is 1. The molecule has 1 amide bonds. The number of carbonyl (C=O) groups is 2. The Morgan fingerprint density at radius 3 is 2.32 bits per heavy atom. The number of alkyl halides is 5. The van der Waals surface area contributed by atoms with Gasteiger partial charge in [-0.3, -0.25) is 9.59 Å². The van der Waals surface area contributed by atoms with Gasteiger partial charge in [-0.2, -0.15) is 18.4 Å². The second-order valence-corrected chi connectivity index (χ2v) is 7.97. The van der Waals surface area contributed by atoms with Crippen LogP contribution in [0.3, 0.4) is 0 Å². The molecule has 0 bridgehead atoms. The Hall–Kier alpha value is -3.92. The number of amides is 1. The molecule has 0 aliphatic heterocycles. The van der Waals surface area contributed by atoms with Crippen LogP contribution in [0.4, 0.5) is 22.0 Å². The van der Waals surface area contributed by atoms with Crippen LogP contribution in [-0.4, -0.2) is 30.9 Å². The zero-order valence-electron chi connectivity index (χ0n) is 20.2. The van der Waals surface area contributed by atoms with Crippen molar-refractivity contribution in [1.82, 2.24) is 5.32 Å². The van der Waals surface area contributed by atoms with Crippen molar-refractivity contribution < 1.29 is 36.3 Å². The first-order valence-electron chi connectivity index (χ1n) is 11.2. The second kappa shape index (κ2) is 15.2. The van der Waals surface area contributed by atoms with E-state index in [4.69, 9.17) is 10.00 Å². The standard InChI is InChI=1S/C25H25F5N2O3.C2H2/c1-16-3-5-17(6-4-16)22(33)15-21(32-24(34)9-11-31)20-8-7-19(13-18(20)14-23(26)27)35-12-2-10-25(28,29)30;1-2/h3-8,13,21,23H,2,9-10,12,14-15H2,1H3,(H,32,34);1-2H/t21-;/m1./s1. The minimum atomic E-state index is -4.33. The van der Waals surface area contributed by atoms with Gasteiger partial charge in [0.15, 0.2) is 5.78 Å². The number of nitrogens with zero attached hydrogens (tertiary/aromatic N) is 1. The SMILES string of the molecule is C#C.Cc1ccc(C(=O)C[C@@H](NC(=O)CC#N)c2ccc(OCCCC(F)(F)F)cc2CC(F)F)cc1. The normalized spacial score (nSPS) is 11.6. The number of Topliss-reactive ketones (excluding diaryl/α,β-unsaturated/α-hetero) is 1. The molecule has 198 valence electrons. The quantitative estimate of drug-likeness (QED) is 0.158. The van der Waals surface area contributed by atoms with E-state index in [1.807, 2.05) is 6.92 Å². The van der Waals surface area contributed by atoms with E-state index in [1.54, 1.807) is 30.3 Å². The Morgan fingerprint density at radius 1 is 1.11 bits per heavy atom. The highest BCUT2D eigenvalue weighted by molar-refractivity contribution is 5.97. The fraction of sp³-hybridized carbons (Fsp3) is 0.370. The van der Waals surface area contributed by atoms with Crippen molar-refractivity contribution in [3.63, 3.8) is 0 Å². The van der Waals surface area contributed by atoms with Crippen LogP contribution in [0.5, 0.6) is 5.75 Å². The molecule has 1 atom stereocenters. The molecule has 0 saturated heterocycles. The molecular formula is C27H27F5N2O3. The number of terminal acetylenes is 1. The Kier molecular flexibility index (Phi) is 12.8. The van der Waals surface area contributed by atoms with Gasteiger partial charge >= 0.3 is 6.18 Å². The van der Waals surface area contributed by atoms with E-state index in [2.05, 4.69) is 18.2 Å². The van der Waals surface area contributed by atoms with Crippen LogP contribution < -0.4 is 10.1 Å². The number of hydrogen-bond acceptors (Lipinski definition) is 4.